The number of amides is 1. The van der Waals surface area contributed by atoms with Gasteiger partial charge in [-0.25, -0.2) is 0 Å². The van der Waals surface area contributed by atoms with Crippen LogP contribution >= 0.6 is 27.5 Å². The first-order valence-corrected chi connectivity index (χ1v) is 7.39. The van der Waals surface area contributed by atoms with E-state index >= 15 is 0 Å². The van der Waals surface area contributed by atoms with Crippen molar-refractivity contribution in [2.75, 3.05) is 5.88 Å². The minimum Gasteiger partial charge on any atom is -0.347 e. The van der Waals surface area contributed by atoms with Gasteiger partial charge in [0, 0.05) is 21.5 Å². The summed E-state index contributed by atoms with van der Waals surface area (Å²) in [5, 5.41) is 3.08. The molecule has 0 bridgehead atoms. The second-order valence-corrected chi connectivity index (χ2v) is 6.06. The van der Waals surface area contributed by atoms with Gasteiger partial charge < -0.3 is 5.32 Å². The van der Waals surface area contributed by atoms with Crippen molar-refractivity contribution >= 4 is 33.4 Å². The van der Waals surface area contributed by atoms with Gasteiger partial charge in [-0.1, -0.05) is 22.9 Å². The Hall–Kier alpha value is -0.540. The zero-order chi connectivity index (χ0) is 13.8. The number of hydrogen-bond donors (Lipinski definition) is 1. The number of benzene rings is 1. The largest absolute Gasteiger partial charge is 0.347 e. The van der Waals surface area contributed by atoms with Crippen LogP contribution in [0.1, 0.15) is 42.6 Å². The Morgan fingerprint density at radius 2 is 2.17 bits per heavy atom. The average Bonchev–Trinajstić information content (AvgIpc) is 2.28. The maximum absolute atomic E-state index is 12.3. The van der Waals surface area contributed by atoms with Crippen LogP contribution in [0, 0.1) is 6.92 Å². The molecule has 100 valence electrons. The number of carbonyl (C=O) groups excluding carboxylic acids is 1. The van der Waals surface area contributed by atoms with Crippen molar-refractivity contribution < 1.29 is 4.79 Å². The van der Waals surface area contributed by atoms with Gasteiger partial charge in [0.2, 0.25) is 0 Å². The van der Waals surface area contributed by atoms with Crippen molar-refractivity contribution in [1.29, 1.82) is 0 Å². The molecule has 0 radical (unpaired) electrons. The summed E-state index contributed by atoms with van der Waals surface area (Å²) in [5.41, 5.74) is 1.44. The second kappa shape index (κ2) is 6.58. The number of rotatable bonds is 5. The topological polar surface area (TPSA) is 29.1 Å². The first kappa shape index (κ1) is 15.5. The Kier molecular flexibility index (Phi) is 5.67. The summed E-state index contributed by atoms with van der Waals surface area (Å²) in [6.45, 7) is 6.02. The summed E-state index contributed by atoms with van der Waals surface area (Å²) in [5.74, 6) is 0.513. The Morgan fingerprint density at radius 1 is 1.50 bits per heavy atom. The highest BCUT2D eigenvalue weighted by atomic mass is 79.9. The first-order chi connectivity index (χ1) is 8.41. The fraction of sp³-hybridized carbons (Fsp3) is 0.500. The predicted molar refractivity (Wildman–Crippen MR) is 80.4 cm³/mol. The van der Waals surface area contributed by atoms with E-state index in [0.717, 1.165) is 22.9 Å². The summed E-state index contributed by atoms with van der Waals surface area (Å²) < 4.78 is 0.982. The maximum atomic E-state index is 12.3. The minimum atomic E-state index is -0.238. The zero-order valence-corrected chi connectivity index (χ0v) is 13.4. The van der Waals surface area contributed by atoms with Crippen LogP contribution in [-0.4, -0.2) is 17.3 Å². The van der Waals surface area contributed by atoms with Gasteiger partial charge >= 0.3 is 0 Å². The molecular weight excluding hydrogens is 314 g/mol. The van der Waals surface area contributed by atoms with Crippen LogP contribution in [0.25, 0.3) is 0 Å². The number of nitrogens with one attached hydrogen (secondary N) is 1. The molecule has 1 aromatic rings. The molecular formula is C14H19BrClNO. The van der Waals surface area contributed by atoms with Gasteiger partial charge in [0.15, 0.2) is 0 Å². The molecule has 0 aliphatic heterocycles. The normalized spacial score (nSPS) is 14.1. The van der Waals surface area contributed by atoms with Crippen LogP contribution < -0.4 is 5.32 Å². The third kappa shape index (κ3) is 3.99. The molecule has 18 heavy (non-hydrogen) atoms. The lowest BCUT2D eigenvalue weighted by Gasteiger charge is -2.29. The number of alkyl halides is 1. The smallest absolute Gasteiger partial charge is 0.251 e. The van der Waals surface area contributed by atoms with Crippen molar-refractivity contribution in [3.63, 3.8) is 0 Å². The van der Waals surface area contributed by atoms with Gasteiger partial charge in [0.25, 0.3) is 5.91 Å². The van der Waals surface area contributed by atoms with Crippen LogP contribution in [0.15, 0.2) is 22.7 Å². The molecule has 2 nitrogen and oxygen atoms in total. The van der Waals surface area contributed by atoms with Crippen molar-refractivity contribution in [2.24, 2.45) is 0 Å². The fourth-order valence-electron chi connectivity index (χ4n) is 1.76. The van der Waals surface area contributed by atoms with Crippen LogP contribution in [0.4, 0.5) is 0 Å². The third-order valence-electron chi connectivity index (χ3n) is 3.27. The number of carbonyl (C=O) groups is 1. The molecule has 4 heteroatoms. The Labute approximate surface area is 122 Å². The van der Waals surface area contributed by atoms with Gasteiger partial charge in [-0.3, -0.25) is 4.79 Å². The highest BCUT2D eigenvalue weighted by molar-refractivity contribution is 9.10. The molecule has 1 unspecified atom stereocenters. The lowest BCUT2D eigenvalue weighted by atomic mass is 9.94. The van der Waals surface area contributed by atoms with E-state index in [1.54, 1.807) is 0 Å². The molecule has 1 amide bonds. The van der Waals surface area contributed by atoms with Crippen molar-refractivity contribution in [3.05, 3.63) is 33.8 Å². The summed E-state index contributed by atoms with van der Waals surface area (Å²) >= 11 is 9.18. The Balaban J connectivity index is 2.87. The van der Waals surface area contributed by atoms with Crippen LogP contribution in [0.2, 0.25) is 0 Å². The zero-order valence-electron chi connectivity index (χ0n) is 11.0. The van der Waals surface area contributed by atoms with E-state index in [9.17, 15) is 4.79 Å². The molecule has 0 aliphatic carbocycles. The predicted octanol–water partition coefficient (Wildman–Crippen LogP) is 4.28. The molecule has 1 aromatic carbocycles. The number of halogens is 2. The number of aryl methyl sites for hydroxylation is 1. The molecule has 0 aromatic heterocycles. The minimum absolute atomic E-state index is 0.0329. The summed E-state index contributed by atoms with van der Waals surface area (Å²) in [7, 11) is 0. The van der Waals surface area contributed by atoms with Gasteiger partial charge in [-0.2, -0.15) is 0 Å². The standard InChI is InChI=1S/C14H19BrClNO/c1-4-14(3,7-8-16)17-13(18)12-6-5-11(15)9-10(12)2/h5-6,9H,4,7-8H2,1-3H3,(H,17,18). The number of hydrogen-bond acceptors (Lipinski definition) is 1. The van der Waals surface area contributed by atoms with Crippen molar-refractivity contribution in [1.82, 2.24) is 5.32 Å². The quantitative estimate of drug-likeness (QED) is 0.801. The van der Waals surface area contributed by atoms with Crippen LogP contribution in [0.5, 0.6) is 0 Å². The molecule has 0 saturated heterocycles. The lowest BCUT2D eigenvalue weighted by Crippen LogP contribution is -2.46. The van der Waals surface area contributed by atoms with E-state index in [1.165, 1.54) is 0 Å². The average molecular weight is 333 g/mol. The SMILES string of the molecule is CCC(C)(CCCl)NC(=O)c1ccc(Br)cc1C. The molecule has 0 aliphatic rings. The summed E-state index contributed by atoms with van der Waals surface area (Å²) in [4.78, 5) is 12.3. The van der Waals surface area contributed by atoms with Gasteiger partial charge in [0.05, 0.1) is 0 Å². The van der Waals surface area contributed by atoms with Gasteiger partial charge in [-0.05, 0) is 50.5 Å². The van der Waals surface area contributed by atoms with E-state index in [1.807, 2.05) is 32.0 Å². The van der Waals surface area contributed by atoms with E-state index < -0.39 is 0 Å². The molecule has 0 spiro atoms. The van der Waals surface area contributed by atoms with E-state index in [0.29, 0.717) is 11.4 Å². The Bertz CT molecular complexity index is 436. The van der Waals surface area contributed by atoms with E-state index in [2.05, 4.69) is 28.2 Å². The second-order valence-electron chi connectivity index (χ2n) is 4.77. The summed E-state index contributed by atoms with van der Waals surface area (Å²) in [6, 6.07) is 5.66. The summed E-state index contributed by atoms with van der Waals surface area (Å²) in [6.07, 6.45) is 1.63. The molecule has 0 fully saturated rings. The molecule has 0 heterocycles. The van der Waals surface area contributed by atoms with Gasteiger partial charge in [-0.15, -0.1) is 11.6 Å². The van der Waals surface area contributed by atoms with E-state index in [-0.39, 0.29) is 11.4 Å². The first-order valence-electron chi connectivity index (χ1n) is 6.06. The van der Waals surface area contributed by atoms with Crippen molar-refractivity contribution in [2.45, 2.75) is 39.2 Å². The highest BCUT2D eigenvalue weighted by Gasteiger charge is 2.24. The van der Waals surface area contributed by atoms with Gasteiger partial charge in [0.1, 0.15) is 0 Å². The lowest BCUT2D eigenvalue weighted by molar-refractivity contribution is 0.0901. The molecule has 1 N–H and O–H groups in total. The maximum Gasteiger partial charge on any atom is 0.251 e. The monoisotopic (exact) mass is 331 g/mol. The third-order valence-corrected chi connectivity index (χ3v) is 3.96. The van der Waals surface area contributed by atoms with Crippen LogP contribution in [-0.2, 0) is 0 Å². The Morgan fingerprint density at radius 3 is 2.67 bits per heavy atom. The fourth-order valence-corrected chi connectivity index (χ4v) is 2.65. The van der Waals surface area contributed by atoms with Crippen molar-refractivity contribution in [3.8, 4) is 0 Å². The molecule has 0 saturated carbocycles. The van der Waals surface area contributed by atoms with E-state index in [4.69, 9.17) is 11.6 Å². The highest BCUT2D eigenvalue weighted by Crippen LogP contribution is 2.19. The van der Waals surface area contributed by atoms with Crippen LogP contribution in [0.3, 0.4) is 0 Å². The molecule has 1 atom stereocenters. The molecule has 1 rings (SSSR count).